The van der Waals surface area contributed by atoms with Gasteiger partial charge in [-0.1, -0.05) is 51.1 Å². The van der Waals surface area contributed by atoms with E-state index in [4.69, 9.17) is 28.9 Å². The van der Waals surface area contributed by atoms with Gasteiger partial charge in [0.05, 0.1) is 6.61 Å². The molecule has 6 rings (SSSR count). The first kappa shape index (κ1) is 30.0. The zero-order chi connectivity index (χ0) is 30.6. The third-order valence-corrected chi connectivity index (χ3v) is 14.4. The molecule has 2 aromatic heterocycles. The van der Waals surface area contributed by atoms with Gasteiger partial charge in [0.2, 0.25) is 0 Å². The Morgan fingerprint density at radius 2 is 1.86 bits per heavy atom. The monoisotopic (exact) mass is 626 g/mol. The second-order valence-corrected chi connectivity index (χ2v) is 18.9. The van der Waals surface area contributed by atoms with E-state index in [2.05, 4.69) is 48.9 Å². The van der Waals surface area contributed by atoms with E-state index in [1.807, 2.05) is 30.3 Å². The maximum atomic E-state index is 13.9. The molecule has 0 aliphatic carbocycles. The highest BCUT2D eigenvalue weighted by molar-refractivity contribution is 7.51. The summed E-state index contributed by atoms with van der Waals surface area (Å²) in [6.45, 7) is 11.0. The van der Waals surface area contributed by atoms with Crippen molar-refractivity contribution in [1.29, 1.82) is 0 Å². The van der Waals surface area contributed by atoms with E-state index in [1.165, 1.54) is 18.5 Å². The number of anilines is 1. The smallest absolute Gasteiger partial charge is 0.406 e. The van der Waals surface area contributed by atoms with Gasteiger partial charge in [-0.3, -0.25) is 13.6 Å². The molecule has 2 aliphatic rings. The van der Waals surface area contributed by atoms with Gasteiger partial charge in [-0.05, 0) is 48.0 Å². The highest BCUT2D eigenvalue weighted by atomic mass is 31.2. The Kier molecular flexibility index (Phi) is 7.78. The first-order chi connectivity index (χ1) is 20.4. The number of nitrogens with zero attached hydrogens (tertiary/aromatic N) is 4. The first-order valence-electron chi connectivity index (χ1n) is 14.1. The molecule has 5 atom stereocenters. The summed E-state index contributed by atoms with van der Waals surface area (Å²) in [5, 5.41) is 2.84. The Labute approximate surface area is 250 Å². The Morgan fingerprint density at radius 3 is 2.56 bits per heavy atom. The number of ether oxygens (including phenoxy) is 1. The lowest BCUT2D eigenvalue weighted by Gasteiger charge is -2.41. The van der Waals surface area contributed by atoms with Crippen molar-refractivity contribution >= 4 is 33.0 Å². The number of fused-ring (bicyclic) bond motifs is 2. The molecular weight excluding hydrogens is 590 g/mol. The van der Waals surface area contributed by atoms with Crippen LogP contribution in [0.1, 0.15) is 32.6 Å². The van der Waals surface area contributed by atoms with Gasteiger partial charge in [-0.2, -0.15) is 0 Å². The molecule has 3 N–H and O–H groups in total. The molecular formula is C29H36FN6O5PSi. The van der Waals surface area contributed by atoms with Gasteiger partial charge in [0.15, 0.2) is 31.5 Å². The number of imidazole rings is 1. The molecule has 2 fully saturated rings. The molecule has 4 heterocycles. The summed E-state index contributed by atoms with van der Waals surface area (Å²) in [5.74, 6) is 0.261. The van der Waals surface area contributed by atoms with Gasteiger partial charge in [0.25, 0.3) is 0 Å². The van der Waals surface area contributed by atoms with Crippen molar-refractivity contribution in [1.82, 2.24) is 24.6 Å². The zero-order valence-electron chi connectivity index (χ0n) is 24.7. The molecule has 0 radical (unpaired) electrons. The van der Waals surface area contributed by atoms with Gasteiger partial charge < -0.3 is 14.9 Å². The van der Waals surface area contributed by atoms with Crippen molar-refractivity contribution in [2.75, 3.05) is 12.3 Å². The molecule has 4 aromatic rings. The summed E-state index contributed by atoms with van der Waals surface area (Å²) in [5.41, 5.74) is 8.58. The Balaban J connectivity index is 1.43. The fraction of sp³-hybridized carbons (Fsp3) is 0.414. The van der Waals surface area contributed by atoms with E-state index in [-0.39, 0.29) is 23.3 Å². The molecule has 0 saturated carbocycles. The molecule has 2 saturated heterocycles. The second kappa shape index (κ2) is 11.2. The fourth-order valence-corrected chi connectivity index (χ4v) is 7.83. The largest absolute Gasteiger partial charge is 0.407 e. The predicted octanol–water partition coefficient (Wildman–Crippen LogP) is 5.82. The standard InChI is InChI=1S/C29H36FN6O5PSi/c1-29(2,3)43(4,5)41-24-23-21(16-38-42(37,40-23)34-15-18-9-7-6-8-10-18)39-28(24)36-26(19-11-13-20(30)14-12-19)35-22-25(31)32-17-33-27(22)36/h6-14,17,21,23-24,28H,15-16H2,1-5H3,(H,34,37)(H2,31,32,33)/t21?,23?,24-,28+,42-/m0/s1. The molecule has 0 amide bonds. The highest BCUT2D eigenvalue weighted by Crippen LogP contribution is 2.55. The molecule has 228 valence electrons. The quantitative estimate of drug-likeness (QED) is 0.191. The van der Waals surface area contributed by atoms with Gasteiger partial charge in [0.1, 0.15) is 36.3 Å². The number of rotatable bonds is 7. The zero-order valence-corrected chi connectivity index (χ0v) is 26.6. The minimum absolute atomic E-state index is 0.0211. The molecule has 2 aliphatic heterocycles. The lowest BCUT2D eigenvalue weighted by molar-refractivity contribution is -0.0588. The number of aromatic nitrogens is 4. The topological polar surface area (TPSA) is 136 Å². The van der Waals surface area contributed by atoms with Gasteiger partial charge >= 0.3 is 7.75 Å². The van der Waals surface area contributed by atoms with Gasteiger partial charge in [0, 0.05) is 12.1 Å². The van der Waals surface area contributed by atoms with Crippen LogP contribution in [0.4, 0.5) is 10.2 Å². The summed E-state index contributed by atoms with van der Waals surface area (Å²) >= 11 is 0. The maximum Gasteiger partial charge on any atom is 0.406 e. The van der Waals surface area contributed by atoms with Crippen molar-refractivity contribution in [3.05, 3.63) is 72.3 Å². The van der Waals surface area contributed by atoms with E-state index >= 15 is 0 Å². The normalized spacial score (nSPS) is 26.1. The number of hydrogen-bond donors (Lipinski definition) is 2. The number of halogens is 1. The van der Waals surface area contributed by atoms with Crippen molar-refractivity contribution in [2.24, 2.45) is 0 Å². The van der Waals surface area contributed by atoms with Crippen LogP contribution < -0.4 is 10.8 Å². The van der Waals surface area contributed by atoms with E-state index in [0.29, 0.717) is 29.1 Å². The van der Waals surface area contributed by atoms with Crippen molar-refractivity contribution < 1.29 is 27.2 Å². The van der Waals surface area contributed by atoms with Crippen LogP contribution in [-0.2, 0) is 29.3 Å². The van der Waals surface area contributed by atoms with Crippen LogP contribution in [0.15, 0.2) is 60.9 Å². The molecule has 11 nitrogen and oxygen atoms in total. The summed E-state index contributed by atoms with van der Waals surface area (Å²) in [7, 11) is -6.19. The van der Waals surface area contributed by atoms with Crippen LogP contribution in [0.5, 0.6) is 0 Å². The molecule has 0 bridgehead atoms. The van der Waals surface area contributed by atoms with Crippen LogP contribution in [0, 0.1) is 5.82 Å². The maximum absolute atomic E-state index is 13.9. The fourth-order valence-electron chi connectivity index (χ4n) is 5.02. The number of nitrogen functional groups attached to an aromatic ring is 1. The number of nitrogens with one attached hydrogen (secondary N) is 1. The number of hydrogen-bond acceptors (Lipinski definition) is 9. The van der Waals surface area contributed by atoms with Crippen LogP contribution >= 0.6 is 7.75 Å². The number of benzene rings is 2. The second-order valence-electron chi connectivity index (χ2n) is 12.3. The van der Waals surface area contributed by atoms with Crippen LogP contribution in [-0.4, -0.2) is 52.8 Å². The van der Waals surface area contributed by atoms with E-state index in [0.717, 1.165) is 5.56 Å². The highest BCUT2D eigenvalue weighted by Gasteiger charge is 2.57. The third-order valence-electron chi connectivity index (χ3n) is 8.37. The summed E-state index contributed by atoms with van der Waals surface area (Å²) < 4.78 is 55.3. The Bertz CT molecular complexity index is 1670. The van der Waals surface area contributed by atoms with Crippen molar-refractivity contribution in [3.63, 3.8) is 0 Å². The minimum atomic E-state index is -3.73. The van der Waals surface area contributed by atoms with Crippen LogP contribution in [0.25, 0.3) is 22.6 Å². The molecule has 2 aromatic carbocycles. The Hall–Kier alpha value is -3.03. The molecule has 14 heteroatoms. The van der Waals surface area contributed by atoms with E-state index in [1.54, 1.807) is 16.7 Å². The lowest BCUT2D eigenvalue weighted by atomic mass is 10.1. The van der Waals surface area contributed by atoms with E-state index in [9.17, 15) is 8.96 Å². The third kappa shape index (κ3) is 5.78. The lowest BCUT2D eigenvalue weighted by Crippen LogP contribution is -2.50. The molecule has 2 unspecified atom stereocenters. The predicted molar refractivity (Wildman–Crippen MR) is 163 cm³/mol. The van der Waals surface area contributed by atoms with Crippen molar-refractivity contribution in [3.8, 4) is 11.4 Å². The number of nitrogens with two attached hydrogens (primary N) is 1. The van der Waals surface area contributed by atoms with Crippen molar-refractivity contribution in [2.45, 2.75) is 70.0 Å². The van der Waals surface area contributed by atoms with Crippen LogP contribution in [0.2, 0.25) is 18.1 Å². The molecule has 0 spiro atoms. The minimum Gasteiger partial charge on any atom is -0.407 e. The first-order valence-corrected chi connectivity index (χ1v) is 18.6. The summed E-state index contributed by atoms with van der Waals surface area (Å²) in [6, 6.07) is 15.6. The average molecular weight is 627 g/mol. The Morgan fingerprint density at radius 1 is 1.14 bits per heavy atom. The van der Waals surface area contributed by atoms with Crippen LogP contribution in [0.3, 0.4) is 0 Å². The molecule has 43 heavy (non-hydrogen) atoms. The average Bonchev–Trinajstić information content (AvgIpc) is 3.51. The van der Waals surface area contributed by atoms with Gasteiger partial charge in [-0.15, -0.1) is 0 Å². The summed E-state index contributed by atoms with van der Waals surface area (Å²) in [4.78, 5) is 13.4. The summed E-state index contributed by atoms with van der Waals surface area (Å²) in [6.07, 6.45) is -1.50. The van der Waals surface area contributed by atoms with E-state index < -0.39 is 40.6 Å². The van der Waals surface area contributed by atoms with Gasteiger partial charge in [-0.25, -0.2) is 29.0 Å². The SMILES string of the molecule is CC(C)(C)[Si](C)(C)O[C@H]1C2O[P@](=O)(NCc3ccccc3)OCC2O[C@H]1n1c(-c2ccc(F)cc2)nc2c(N)ncnc21.